The van der Waals surface area contributed by atoms with Crippen LogP contribution in [0.2, 0.25) is 0 Å². The minimum absolute atomic E-state index is 0.884. The van der Waals surface area contributed by atoms with Crippen molar-refractivity contribution in [2.75, 3.05) is 4.90 Å². The lowest BCUT2D eigenvalue weighted by molar-refractivity contribution is 0.672. The summed E-state index contributed by atoms with van der Waals surface area (Å²) in [7, 11) is 0. The minimum Gasteiger partial charge on any atom is -0.455 e. The number of nitrogens with zero attached hydrogens (tertiary/aromatic N) is 1. The molecule has 0 N–H and O–H groups in total. The Morgan fingerprint density at radius 3 is 2.00 bits per heavy atom. The lowest BCUT2D eigenvalue weighted by Gasteiger charge is -2.27. The van der Waals surface area contributed by atoms with Gasteiger partial charge in [-0.1, -0.05) is 115 Å². The number of fused-ring (bicyclic) bond motifs is 12. The molecule has 3 aromatic heterocycles. The van der Waals surface area contributed by atoms with Crippen molar-refractivity contribution in [1.29, 1.82) is 0 Å². The zero-order valence-electron chi connectivity index (χ0n) is 26.8. The first-order chi connectivity index (χ1) is 24.8. The molecule has 0 spiro atoms. The molecule has 50 heavy (non-hydrogen) atoms. The third kappa shape index (κ3) is 4.07. The number of thiophene rings is 2. The van der Waals surface area contributed by atoms with Gasteiger partial charge in [0.25, 0.3) is 0 Å². The largest absolute Gasteiger partial charge is 0.455 e. The molecule has 234 valence electrons. The second-order valence-electron chi connectivity index (χ2n) is 12.8. The summed E-state index contributed by atoms with van der Waals surface area (Å²) >= 11 is 3.79. The van der Waals surface area contributed by atoms with Gasteiger partial charge in [0.2, 0.25) is 0 Å². The fourth-order valence-electron chi connectivity index (χ4n) is 7.79. The first-order valence-corrected chi connectivity index (χ1v) is 18.5. The van der Waals surface area contributed by atoms with Crippen molar-refractivity contribution in [3.05, 3.63) is 164 Å². The summed E-state index contributed by atoms with van der Waals surface area (Å²) in [6.07, 6.45) is 0. The highest BCUT2D eigenvalue weighted by Crippen LogP contribution is 2.51. The number of rotatable bonds is 4. The van der Waals surface area contributed by atoms with Gasteiger partial charge < -0.3 is 9.32 Å². The molecule has 0 bridgehead atoms. The van der Waals surface area contributed by atoms with Gasteiger partial charge in [-0.15, -0.1) is 22.7 Å². The Morgan fingerprint density at radius 1 is 0.400 bits per heavy atom. The molecule has 2 nitrogen and oxygen atoms in total. The number of hydrogen-bond donors (Lipinski definition) is 0. The fraction of sp³-hybridized carbons (Fsp3) is 0. The van der Waals surface area contributed by atoms with E-state index in [2.05, 4.69) is 169 Å². The maximum absolute atomic E-state index is 6.70. The second kappa shape index (κ2) is 10.8. The molecule has 11 aromatic rings. The van der Waals surface area contributed by atoms with Gasteiger partial charge in [0.15, 0.2) is 0 Å². The van der Waals surface area contributed by atoms with Gasteiger partial charge in [-0.2, -0.15) is 0 Å². The normalized spacial score (nSPS) is 12.0. The topological polar surface area (TPSA) is 16.4 Å². The Balaban J connectivity index is 1.21. The second-order valence-corrected chi connectivity index (χ2v) is 14.9. The lowest BCUT2D eigenvalue weighted by Crippen LogP contribution is -2.10. The molecular weight excluding hydrogens is 647 g/mol. The van der Waals surface area contributed by atoms with E-state index in [9.17, 15) is 0 Å². The van der Waals surface area contributed by atoms with Crippen LogP contribution in [0.5, 0.6) is 0 Å². The summed E-state index contributed by atoms with van der Waals surface area (Å²) in [5.74, 6) is 0. The third-order valence-corrected chi connectivity index (χ3v) is 12.5. The molecular formula is C46H27NOS2. The standard InChI is InChI=1S/C46H27NOS2/c1-2-10-28(11-3-1)29-20-23-31(24-21-29)47(37-16-9-18-39-42(37)36-25-22-30-12-4-5-13-32(30)44(36)48-39)38-17-8-15-33-34-26-27-41-43(46(34)50-45(33)38)35-14-6-7-19-40(35)49-41/h1-27H. The average molecular weight is 674 g/mol. The SMILES string of the molecule is c1ccc(-c2ccc(N(c3cccc4c3sc3c4ccc4sc5ccccc5c43)c3cccc4oc5c6ccccc6ccc5c34)cc2)cc1. The van der Waals surface area contributed by atoms with Crippen LogP contribution in [0.3, 0.4) is 0 Å². The van der Waals surface area contributed by atoms with Crippen LogP contribution >= 0.6 is 22.7 Å². The Bertz CT molecular complexity index is 3090. The molecule has 8 aromatic carbocycles. The van der Waals surface area contributed by atoms with Crippen molar-refractivity contribution in [2.45, 2.75) is 0 Å². The van der Waals surface area contributed by atoms with Gasteiger partial charge >= 0.3 is 0 Å². The van der Waals surface area contributed by atoms with E-state index in [0.717, 1.165) is 44.4 Å². The molecule has 0 radical (unpaired) electrons. The summed E-state index contributed by atoms with van der Waals surface area (Å²) in [5, 5.41) is 9.83. The lowest BCUT2D eigenvalue weighted by atomic mass is 10.0. The number of anilines is 3. The summed E-state index contributed by atoms with van der Waals surface area (Å²) in [5.41, 5.74) is 7.57. The molecule has 0 fully saturated rings. The minimum atomic E-state index is 0.884. The van der Waals surface area contributed by atoms with E-state index >= 15 is 0 Å². The van der Waals surface area contributed by atoms with Crippen LogP contribution in [0.15, 0.2) is 168 Å². The summed E-state index contributed by atoms with van der Waals surface area (Å²) in [6.45, 7) is 0. The highest BCUT2D eigenvalue weighted by molar-refractivity contribution is 7.30. The van der Waals surface area contributed by atoms with E-state index in [1.807, 2.05) is 22.7 Å². The van der Waals surface area contributed by atoms with Crippen LogP contribution in [0.25, 0.3) is 84.2 Å². The van der Waals surface area contributed by atoms with Gasteiger partial charge in [0.1, 0.15) is 11.2 Å². The van der Waals surface area contributed by atoms with E-state index in [0.29, 0.717) is 0 Å². The Hall–Kier alpha value is -5.94. The van der Waals surface area contributed by atoms with Crippen LogP contribution in [-0.4, -0.2) is 0 Å². The smallest absolute Gasteiger partial charge is 0.143 e. The van der Waals surface area contributed by atoms with Gasteiger partial charge in [-0.05, 0) is 65.0 Å². The van der Waals surface area contributed by atoms with Gasteiger partial charge in [0, 0.05) is 52.1 Å². The average Bonchev–Trinajstić information content (AvgIpc) is 3.87. The highest BCUT2D eigenvalue weighted by atomic mass is 32.1. The van der Waals surface area contributed by atoms with E-state index in [1.54, 1.807) is 0 Å². The molecule has 0 aliphatic heterocycles. The predicted octanol–water partition coefficient (Wildman–Crippen LogP) is 14.6. The van der Waals surface area contributed by atoms with E-state index in [-0.39, 0.29) is 0 Å². The van der Waals surface area contributed by atoms with E-state index < -0.39 is 0 Å². The fourth-order valence-corrected chi connectivity index (χ4v) is 10.3. The third-order valence-electron chi connectivity index (χ3n) is 10.1. The molecule has 11 rings (SSSR count). The van der Waals surface area contributed by atoms with Crippen LogP contribution in [0.1, 0.15) is 0 Å². The van der Waals surface area contributed by atoms with Crippen LogP contribution in [0, 0.1) is 0 Å². The van der Waals surface area contributed by atoms with Gasteiger partial charge in [0.05, 0.1) is 21.5 Å². The molecule has 0 unspecified atom stereocenters. The van der Waals surface area contributed by atoms with E-state index in [4.69, 9.17) is 4.42 Å². The molecule has 0 atom stereocenters. The molecule has 0 amide bonds. The van der Waals surface area contributed by atoms with Crippen molar-refractivity contribution in [3.63, 3.8) is 0 Å². The van der Waals surface area contributed by atoms with Crippen molar-refractivity contribution >= 4 is 113 Å². The van der Waals surface area contributed by atoms with Crippen LogP contribution < -0.4 is 4.90 Å². The summed E-state index contributed by atoms with van der Waals surface area (Å²) in [4.78, 5) is 2.45. The maximum atomic E-state index is 6.70. The quantitative estimate of drug-likeness (QED) is 0.185. The van der Waals surface area contributed by atoms with Crippen LogP contribution in [-0.2, 0) is 0 Å². The molecule has 0 aliphatic carbocycles. The first kappa shape index (κ1) is 28.0. The van der Waals surface area contributed by atoms with Crippen molar-refractivity contribution < 1.29 is 4.42 Å². The number of furan rings is 1. The molecule has 0 saturated heterocycles. The zero-order chi connectivity index (χ0) is 32.8. The molecule has 3 heterocycles. The van der Waals surface area contributed by atoms with Crippen LogP contribution in [0.4, 0.5) is 17.1 Å². The summed E-state index contributed by atoms with van der Waals surface area (Å²) in [6, 6.07) is 59.2. The maximum Gasteiger partial charge on any atom is 0.143 e. The number of hydrogen-bond acceptors (Lipinski definition) is 4. The Kier molecular flexibility index (Phi) is 6.03. The monoisotopic (exact) mass is 673 g/mol. The van der Waals surface area contributed by atoms with Crippen molar-refractivity contribution in [1.82, 2.24) is 0 Å². The predicted molar refractivity (Wildman–Crippen MR) is 217 cm³/mol. The van der Waals surface area contributed by atoms with Gasteiger partial charge in [-0.3, -0.25) is 0 Å². The Morgan fingerprint density at radius 2 is 1.10 bits per heavy atom. The molecule has 0 saturated carbocycles. The molecule has 4 heteroatoms. The number of benzene rings is 8. The van der Waals surface area contributed by atoms with Gasteiger partial charge in [-0.25, -0.2) is 0 Å². The summed E-state index contributed by atoms with van der Waals surface area (Å²) < 4.78 is 12.0. The van der Waals surface area contributed by atoms with E-state index in [1.165, 1.54) is 56.9 Å². The Labute approximate surface area is 295 Å². The zero-order valence-corrected chi connectivity index (χ0v) is 28.4. The highest BCUT2D eigenvalue weighted by Gasteiger charge is 2.23. The van der Waals surface area contributed by atoms with Crippen molar-refractivity contribution in [2.24, 2.45) is 0 Å². The first-order valence-electron chi connectivity index (χ1n) is 16.8. The molecule has 0 aliphatic rings. The van der Waals surface area contributed by atoms with Crippen molar-refractivity contribution in [3.8, 4) is 11.1 Å².